The maximum atomic E-state index is 12.5. The Morgan fingerprint density at radius 1 is 1.00 bits per heavy atom. The number of imide groups is 1. The Balaban J connectivity index is 3.14. The molecule has 1 aromatic carbocycles. The molecule has 8 heteroatoms. The first-order chi connectivity index (χ1) is 11.7. The van der Waals surface area contributed by atoms with Crippen LogP contribution in [0.4, 0.5) is 9.59 Å². The summed E-state index contributed by atoms with van der Waals surface area (Å²) < 4.78 is 11.2. The van der Waals surface area contributed by atoms with Gasteiger partial charge in [0.15, 0.2) is 0 Å². The second-order valence-electron chi connectivity index (χ2n) is 7.66. The van der Waals surface area contributed by atoms with E-state index in [1.165, 1.54) is 12.1 Å². The molecule has 0 aliphatic carbocycles. The normalized spacial score (nSPS) is 11.7. The largest absolute Gasteiger partial charge is 0.478 e. The number of nitrogens with zero attached hydrogens (tertiary/aromatic N) is 1. The number of carboxylic acids is 1. The molecule has 0 aliphatic heterocycles. The van der Waals surface area contributed by atoms with Gasteiger partial charge < -0.3 is 14.6 Å². The number of carbonyl (C=O) groups is 3. The van der Waals surface area contributed by atoms with E-state index in [0.29, 0.717) is 9.13 Å². The zero-order valence-electron chi connectivity index (χ0n) is 15.8. The van der Waals surface area contributed by atoms with Crippen LogP contribution in [0.25, 0.3) is 0 Å². The minimum Gasteiger partial charge on any atom is -0.478 e. The van der Waals surface area contributed by atoms with Crippen molar-refractivity contribution in [3.63, 3.8) is 0 Å². The Labute approximate surface area is 166 Å². The first kappa shape index (κ1) is 22.2. The summed E-state index contributed by atoms with van der Waals surface area (Å²) in [6.07, 6.45) is -1.66. The van der Waals surface area contributed by atoms with Gasteiger partial charge in [-0.2, -0.15) is 0 Å². The molecule has 0 unspecified atom stereocenters. The molecule has 0 spiro atoms. The minimum atomic E-state index is -1.05. The van der Waals surface area contributed by atoms with Gasteiger partial charge in [0.25, 0.3) is 0 Å². The highest BCUT2D eigenvalue weighted by atomic mass is 127. The van der Waals surface area contributed by atoms with Gasteiger partial charge >= 0.3 is 18.2 Å². The van der Waals surface area contributed by atoms with Crippen molar-refractivity contribution in [1.29, 1.82) is 0 Å². The lowest BCUT2D eigenvalue weighted by Crippen LogP contribution is -2.43. The molecule has 144 valence electrons. The third kappa shape index (κ3) is 7.19. The fraction of sp³-hybridized carbons (Fsp3) is 0.500. The summed E-state index contributed by atoms with van der Waals surface area (Å²) in [5, 5.41) is 9.05. The second-order valence-corrected chi connectivity index (χ2v) is 8.82. The van der Waals surface area contributed by atoms with Crippen LogP contribution in [0.5, 0.6) is 0 Å². The summed E-state index contributed by atoms with van der Waals surface area (Å²) >= 11 is 1.96. The predicted molar refractivity (Wildman–Crippen MR) is 104 cm³/mol. The van der Waals surface area contributed by atoms with Gasteiger partial charge in [-0.05, 0) is 81.8 Å². The van der Waals surface area contributed by atoms with Crippen LogP contribution in [0.3, 0.4) is 0 Å². The molecule has 7 nitrogen and oxygen atoms in total. The lowest BCUT2D eigenvalue weighted by molar-refractivity contribution is -0.000331. The van der Waals surface area contributed by atoms with E-state index in [4.69, 9.17) is 14.6 Å². The van der Waals surface area contributed by atoms with E-state index >= 15 is 0 Å². The van der Waals surface area contributed by atoms with E-state index in [-0.39, 0.29) is 12.1 Å². The van der Waals surface area contributed by atoms with Gasteiger partial charge in [-0.15, -0.1) is 0 Å². The highest BCUT2D eigenvalue weighted by Gasteiger charge is 2.31. The highest BCUT2D eigenvalue weighted by molar-refractivity contribution is 14.1. The molecular formula is C18H24INO6. The number of aromatic carboxylic acids is 1. The third-order valence-corrected chi connectivity index (χ3v) is 3.86. The van der Waals surface area contributed by atoms with Crippen LogP contribution in [0.2, 0.25) is 0 Å². The quantitative estimate of drug-likeness (QED) is 0.637. The summed E-state index contributed by atoms with van der Waals surface area (Å²) in [6, 6.07) is 4.45. The number of hydrogen-bond donors (Lipinski definition) is 1. The lowest BCUT2D eigenvalue weighted by Gasteiger charge is -2.28. The van der Waals surface area contributed by atoms with Gasteiger partial charge in [-0.3, -0.25) is 0 Å². The van der Waals surface area contributed by atoms with Crippen molar-refractivity contribution in [2.75, 3.05) is 0 Å². The number of carboxylic acid groups (broad SMARTS) is 1. The standard InChI is InChI=1S/C18H24INO6/c1-17(2,3)25-15(23)20(16(24)26-18(4,5)6)10-12-8-7-11(14(21)22)9-13(12)19/h7-9H,10H2,1-6H3,(H,21,22). The van der Waals surface area contributed by atoms with Crippen LogP contribution in [0.15, 0.2) is 18.2 Å². The molecule has 1 N–H and O–H groups in total. The van der Waals surface area contributed by atoms with Gasteiger partial charge in [0.1, 0.15) is 11.2 Å². The Hall–Kier alpha value is -1.84. The van der Waals surface area contributed by atoms with Gasteiger partial charge in [0.2, 0.25) is 0 Å². The fourth-order valence-corrected chi connectivity index (χ4v) is 2.50. The third-order valence-electron chi connectivity index (χ3n) is 2.86. The number of hydrogen-bond acceptors (Lipinski definition) is 5. The highest BCUT2D eigenvalue weighted by Crippen LogP contribution is 2.21. The van der Waals surface area contributed by atoms with Crippen LogP contribution in [0, 0.1) is 3.57 Å². The Bertz CT molecular complexity index is 675. The minimum absolute atomic E-state index is 0.0952. The first-order valence-corrected chi connectivity index (χ1v) is 9.03. The van der Waals surface area contributed by atoms with Crippen LogP contribution < -0.4 is 0 Å². The van der Waals surface area contributed by atoms with Crippen molar-refractivity contribution < 1.29 is 29.0 Å². The van der Waals surface area contributed by atoms with Crippen LogP contribution in [-0.2, 0) is 16.0 Å². The van der Waals surface area contributed by atoms with Crippen molar-refractivity contribution in [3.8, 4) is 0 Å². The lowest BCUT2D eigenvalue weighted by atomic mass is 10.1. The number of rotatable bonds is 3. The maximum Gasteiger partial charge on any atom is 0.420 e. The molecule has 0 bridgehead atoms. The Morgan fingerprint density at radius 3 is 1.81 bits per heavy atom. The van der Waals surface area contributed by atoms with Crippen molar-refractivity contribution in [3.05, 3.63) is 32.9 Å². The molecule has 0 atom stereocenters. The monoisotopic (exact) mass is 477 g/mol. The number of benzene rings is 1. The maximum absolute atomic E-state index is 12.5. The van der Waals surface area contributed by atoms with E-state index in [9.17, 15) is 14.4 Å². The molecule has 1 aromatic rings. The van der Waals surface area contributed by atoms with Crippen molar-refractivity contribution in [1.82, 2.24) is 4.90 Å². The Morgan fingerprint density at radius 2 is 1.46 bits per heavy atom. The number of halogens is 1. The molecular weight excluding hydrogens is 453 g/mol. The van der Waals surface area contributed by atoms with Crippen molar-refractivity contribution >= 4 is 40.7 Å². The average Bonchev–Trinajstić information content (AvgIpc) is 2.41. The Kier molecular flexibility index (Phi) is 7.03. The molecule has 0 saturated carbocycles. The summed E-state index contributed by atoms with van der Waals surface area (Å²) in [4.78, 5) is 36.9. The number of carbonyl (C=O) groups excluding carboxylic acids is 2. The van der Waals surface area contributed by atoms with E-state index < -0.39 is 29.4 Å². The summed E-state index contributed by atoms with van der Waals surface area (Å²) in [6.45, 7) is 10.1. The van der Waals surface area contributed by atoms with E-state index in [2.05, 4.69) is 0 Å². The molecule has 0 aliphatic rings. The molecule has 0 saturated heterocycles. The fourth-order valence-electron chi connectivity index (χ4n) is 1.82. The predicted octanol–water partition coefficient (Wildman–Crippen LogP) is 4.66. The number of ether oxygens (including phenoxy) is 2. The smallest absolute Gasteiger partial charge is 0.420 e. The molecule has 2 amide bonds. The van der Waals surface area contributed by atoms with Crippen molar-refractivity contribution in [2.45, 2.75) is 59.3 Å². The van der Waals surface area contributed by atoms with Gasteiger partial charge in [0.05, 0.1) is 12.1 Å². The molecule has 26 heavy (non-hydrogen) atoms. The first-order valence-electron chi connectivity index (χ1n) is 7.95. The molecule has 0 aromatic heterocycles. The SMILES string of the molecule is CC(C)(C)OC(=O)N(Cc1ccc(C(=O)O)cc1I)C(=O)OC(C)(C)C. The van der Waals surface area contributed by atoms with Crippen LogP contribution in [-0.4, -0.2) is 39.4 Å². The summed E-state index contributed by atoms with van der Waals surface area (Å²) in [5.74, 6) is -1.05. The van der Waals surface area contributed by atoms with Crippen molar-refractivity contribution in [2.24, 2.45) is 0 Å². The topological polar surface area (TPSA) is 93.1 Å². The van der Waals surface area contributed by atoms with Gasteiger partial charge in [-0.1, -0.05) is 6.07 Å². The van der Waals surface area contributed by atoms with Gasteiger partial charge in [0, 0.05) is 3.57 Å². The van der Waals surface area contributed by atoms with E-state index in [1.807, 2.05) is 22.6 Å². The van der Waals surface area contributed by atoms with E-state index in [0.717, 1.165) is 4.90 Å². The summed E-state index contributed by atoms with van der Waals surface area (Å²) in [5.41, 5.74) is -0.832. The van der Waals surface area contributed by atoms with Crippen LogP contribution in [0.1, 0.15) is 57.5 Å². The average molecular weight is 477 g/mol. The second kappa shape index (κ2) is 8.24. The zero-order chi connectivity index (χ0) is 20.3. The summed E-state index contributed by atoms with van der Waals surface area (Å²) in [7, 11) is 0. The van der Waals surface area contributed by atoms with Crippen LogP contribution >= 0.6 is 22.6 Å². The zero-order valence-corrected chi connectivity index (χ0v) is 17.9. The molecule has 0 radical (unpaired) electrons. The number of amides is 2. The molecule has 0 heterocycles. The van der Waals surface area contributed by atoms with Gasteiger partial charge in [-0.25, -0.2) is 19.3 Å². The molecule has 1 rings (SSSR count). The molecule has 0 fully saturated rings. The van der Waals surface area contributed by atoms with E-state index in [1.54, 1.807) is 47.6 Å².